The third-order valence-electron chi connectivity index (χ3n) is 0. The minimum atomic E-state index is -2.62. The molecule has 0 saturated carbocycles. The fourth-order valence-corrected chi connectivity index (χ4v) is 0. The van der Waals surface area contributed by atoms with E-state index in [0.717, 1.165) is 0 Å². The van der Waals surface area contributed by atoms with E-state index in [9.17, 15) is 0 Å². The van der Waals surface area contributed by atoms with E-state index in [0.29, 0.717) is 0 Å². The Bertz CT molecular complexity index is 16.8. The molecule has 0 aromatic heterocycles. The Labute approximate surface area is 109 Å². The normalized spacial score (nSPS) is 3.27. The Hall–Kier alpha value is 2.11. The molecule has 11 heteroatoms. The van der Waals surface area contributed by atoms with Gasteiger partial charge in [-0.2, -0.15) is 0 Å². The van der Waals surface area contributed by atoms with Crippen LogP contribution in [0.15, 0.2) is 0 Å². The molecule has 8 nitrogen and oxygen atoms in total. The summed E-state index contributed by atoms with van der Waals surface area (Å²) in [6.45, 7) is 0. The zero-order chi connectivity index (χ0) is 3.58. The Morgan fingerprint density at radius 2 is 0.545 bits per heavy atom. The molecule has 0 aliphatic carbocycles. The fraction of sp³-hybridized carbons (Fsp3) is 0. The van der Waals surface area contributed by atoms with Gasteiger partial charge >= 0.3 is 8.60 Å². The van der Waals surface area contributed by atoms with Crippen molar-refractivity contribution in [3.8, 4) is 0 Å². The molecule has 2 radical (unpaired) electrons. The Balaban J connectivity index is -0.00000000214. The van der Waals surface area contributed by atoms with Crippen LogP contribution in [0.1, 0.15) is 0 Å². The first kappa shape index (κ1) is 73.6. The van der Waals surface area contributed by atoms with Crippen molar-refractivity contribution >= 4 is 67.7 Å². The van der Waals surface area contributed by atoms with Crippen LogP contribution in [-0.2, 0) is 0 Å². The summed E-state index contributed by atoms with van der Waals surface area (Å²) in [6.07, 6.45) is 0. The molecule has 0 aromatic carbocycles. The van der Waals surface area contributed by atoms with Gasteiger partial charge in [-0.1, -0.05) is 0 Å². The van der Waals surface area contributed by atoms with Crippen molar-refractivity contribution < 1.29 is 42.1 Å². The summed E-state index contributed by atoms with van der Waals surface area (Å²) >= 11 is 0. The zero-order valence-electron chi connectivity index (χ0n) is 6.29. The van der Waals surface area contributed by atoms with E-state index >= 15 is 0 Å². The van der Waals surface area contributed by atoms with Gasteiger partial charge in [-0.15, -0.1) is 0 Å². The molecule has 0 aromatic rings. The Morgan fingerprint density at radius 3 is 0.545 bits per heavy atom. The molecular formula is H13Na2O8P. The number of hydrogen-bond donors (Lipinski definition) is 3. The zero-order valence-corrected chi connectivity index (χ0v) is 11.2. The van der Waals surface area contributed by atoms with Crippen molar-refractivity contribution in [1.82, 2.24) is 0 Å². The van der Waals surface area contributed by atoms with Crippen LogP contribution in [-0.4, -0.2) is 101 Å². The Morgan fingerprint density at radius 1 is 0.545 bits per heavy atom. The average molecular weight is 218 g/mol. The molecule has 0 rings (SSSR count). The summed E-state index contributed by atoms with van der Waals surface area (Å²) in [5.74, 6) is 0. The van der Waals surface area contributed by atoms with Crippen LogP contribution in [0.3, 0.4) is 0 Å². The van der Waals surface area contributed by atoms with Crippen LogP contribution in [0, 0.1) is 0 Å². The van der Waals surface area contributed by atoms with Crippen molar-refractivity contribution in [1.29, 1.82) is 0 Å². The van der Waals surface area contributed by atoms with Crippen molar-refractivity contribution in [2.75, 3.05) is 0 Å². The van der Waals surface area contributed by atoms with E-state index in [1.54, 1.807) is 0 Å². The molecule has 0 unspecified atom stereocenters. The fourth-order valence-electron chi connectivity index (χ4n) is 0. The van der Waals surface area contributed by atoms with E-state index in [4.69, 9.17) is 14.7 Å². The maximum Gasteiger partial charge on any atom is 0.324 e. The van der Waals surface area contributed by atoms with Crippen molar-refractivity contribution in [3.63, 3.8) is 0 Å². The first-order valence-electron chi connectivity index (χ1n) is 0.600. The summed E-state index contributed by atoms with van der Waals surface area (Å²) in [5, 5.41) is 0. The maximum atomic E-state index is 7.23. The Kier molecular flexibility index (Phi) is 383. The molecule has 0 aliphatic heterocycles. The smallest absolute Gasteiger partial charge is 0.324 e. The van der Waals surface area contributed by atoms with Gasteiger partial charge in [0.15, 0.2) is 0 Å². The SMILES string of the molecule is O.O.O.O.O.OP(O)O.[Na].[Na]. The molecule has 0 amide bonds. The maximum absolute atomic E-state index is 7.23. The van der Waals surface area contributed by atoms with E-state index in [1.165, 1.54) is 0 Å². The second-order valence-electron chi connectivity index (χ2n) is 0.268. The summed E-state index contributed by atoms with van der Waals surface area (Å²) in [5.41, 5.74) is 0. The van der Waals surface area contributed by atoms with Gasteiger partial charge in [-0.05, 0) is 0 Å². The van der Waals surface area contributed by atoms with Crippen LogP contribution < -0.4 is 0 Å². The molecule has 0 aliphatic rings. The van der Waals surface area contributed by atoms with Gasteiger partial charge in [-0.25, -0.2) is 0 Å². The van der Waals surface area contributed by atoms with Gasteiger partial charge in [0, 0.05) is 59.1 Å². The third kappa shape index (κ3) is 278. The number of rotatable bonds is 0. The molecule has 0 heterocycles. The standard InChI is InChI=1S/2Na.H3O3P.5H2O/c;;1-4(2)3;;;;;/h;;1-3H;5*1H2. The first-order valence-corrected chi connectivity index (χ1v) is 1.80. The second-order valence-corrected chi connectivity index (χ2v) is 0.805. The molecule has 0 saturated heterocycles. The minimum Gasteiger partial charge on any atom is -0.412 e. The van der Waals surface area contributed by atoms with Gasteiger partial charge in [0.1, 0.15) is 0 Å². The minimum absolute atomic E-state index is 0. The first-order chi connectivity index (χ1) is 1.73. The predicted octanol–water partition coefficient (Wildman–Crippen LogP) is -5.69. The molecule has 0 fully saturated rings. The van der Waals surface area contributed by atoms with Gasteiger partial charge in [-0.3, -0.25) is 0 Å². The third-order valence-corrected chi connectivity index (χ3v) is 0. The molecular weight excluding hydrogens is 205 g/mol. The predicted molar refractivity (Wildman–Crippen MR) is 43.2 cm³/mol. The largest absolute Gasteiger partial charge is 0.412 e. The monoisotopic (exact) mass is 218 g/mol. The van der Waals surface area contributed by atoms with Crippen molar-refractivity contribution in [2.24, 2.45) is 0 Å². The molecule has 0 bridgehead atoms. The van der Waals surface area contributed by atoms with Gasteiger partial charge in [0.2, 0.25) is 0 Å². The molecule has 68 valence electrons. The summed E-state index contributed by atoms with van der Waals surface area (Å²) in [7, 11) is -2.62. The molecule has 13 N–H and O–H groups in total. The van der Waals surface area contributed by atoms with E-state index in [-0.39, 0.29) is 86.5 Å². The van der Waals surface area contributed by atoms with Gasteiger partial charge in [0.05, 0.1) is 0 Å². The molecule has 0 atom stereocenters. The van der Waals surface area contributed by atoms with Crippen LogP contribution in [0.2, 0.25) is 0 Å². The number of hydrogen-bond acceptors (Lipinski definition) is 3. The van der Waals surface area contributed by atoms with Crippen molar-refractivity contribution in [2.45, 2.75) is 0 Å². The topological polar surface area (TPSA) is 218 Å². The van der Waals surface area contributed by atoms with Gasteiger partial charge in [0.25, 0.3) is 0 Å². The van der Waals surface area contributed by atoms with Crippen molar-refractivity contribution in [3.05, 3.63) is 0 Å². The van der Waals surface area contributed by atoms with Crippen LogP contribution in [0.25, 0.3) is 0 Å². The van der Waals surface area contributed by atoms with Crippen LogP contribution in [0.5, 0.6) is 0 Å². The van der Waals surface area contributed by atoms with E-state index < -0.39 is 8.60 Å². The summed E-state index contributed by atoms with van der Waals surface area (Å²) < 4.78 is 0. The van der Waals surface area contributed by atoms with Gasteiger partial charge < -0.3 is 42.1 Å². The van der Waals surface area contributed by atoms with E-state index in [2.05, 4.69) is 0 Å². The van der Waals surface area contributed by atoms with E-state index in [1.807, 2.05) is 0 Å². The summed E-state index contributed by atoms with van der Waals surface area (Å²) in [4.78, 5) is 21.7. The van der Waals surface area contributed by atoms with Crippen LogP contribution >= 0.6 is 8.60 Å². The van der Waals surface area contributed by atoms with Crippen LogP contribution in [0.4, 0.5) is 0 Å². The average Bonchev–Trinajstić information content (AvgIpc) is 0.811. The quantitative estimate of drug-likeness (QED) is 0.267. The molecule has 0 spiro atoms. The summed E-state index contributed by atoms with van der Waals surface area (Å²) in [6, 6.07) is 0. The molecule has 11 heavy (non-hydrogen) atoms. The second kappa shape index (κ2) is 57.2.